The molecular formula is C17H15ClN4O3. The van der Waals surface area contributed by atoms with E-state index in [1.54, 1.807) is 30.3 Å². The average Bonchev–Trinajstić information content (AvgIpc) is 2.63. The standard InChI is InChI=1S/C17H15ClN4O3/c1-24-9-6-12(14(18)13(7-9)25-2)22-17(23)11-5-3-4-10-15(11)20-8-21-16(10)19/h3-8H,1-2H3,(H,22,23)(H2,19,20,21). The van der Waals surface area contributed by atoms with Crippen molar-refractivity contribution in [2.75, 3.05) is 25.3 Å². The number of hydrogen-bond acceptors (Lipinski definition) is 6. The number of benzene rings is 2. The Balaban J connectivity index is 2.03. The second-order valence-corrected chi connectivity index (χ2v) is 5.48. The van der Waals surface area contributed by atoms with Crippen LogP contribution >= 0.6 is 11.6 Å². The lowest BCUT2D eigenvalue weighted by Crippen LogP contribution is -2.14. The fraction of sp³-hybridized carbons (Fsp3) is 0.118. The zero-order chi connectivity index (χ0) is 18.0. The van der Waals surface area contributed by atoms with Gasteiger partial charge in [-0.05, 0) is 12.1 Å². The molecule has 0 radical (unpaired) electrons. The normalized spacial score (nSPS) is 10.5. The fourth-order valence-corrected chi connectivity index (χ4v) is 2.64. The zero-order valence-corrected chi connectivity index (χ0v) is 14.3. The molecule has 1 amide bonds. The third kappa shape index (κ3) is 3.14. The van der Waals surface area contributed by atoms with Gasteiger partial charge in [-0.2, -0.15) is 0 Å². The highest BCUT2D eigenvalue weighted by Gasteiger charge is 2.17. The molecule has 2 aromatic carbocycles. The van der Waals surface area contributed by atoms with Crippen LogP contribution in [0.25, 0.3) is 10.9 Å². The summed E-state index contributed by atoms with van der Waals surface area (Å²) in [4.78, 5) is 20.8. The second-order valence-electron chi connectivity index (χ2n) is 5.11. The maximum absolute atomic E-state index is 12.7. The predicted octanol–water partition coefficient (Wildman–Crippen LogP) is 3.13. The van der Waals surface area contributed by atoms with Crippen molar-refractivity contribution in [3.63, 3.8) is 0 Å². The minimum Gasteiger partial charge on any atom is -0.497 e. The van der Waals surface area contributed by atoms with Gasteiger partial charge in [-0.3, -0.25) is 4.79 Å². The number of methoxy groups -OCH3 is 2. The summed E-state index contributed by atoms with van der Waals surface area (Å²) in [6, 6.07) is 8.35. The molecular weight excluding hydrogens is 344 g/mol. The van der Waals surface area contributed by atoms with Crippen molar-refractivity contribution >= 4 is 39.9 Å². The Hall–Kier alpha value is -3.06. The molecule has 0 saturated carbocycles. The van der Waals surface area contributed by atoms with Crippen molar-refractivity contribution in [1.82, 2.24) is 9.97 Å². The summed E-state index contributed by atoms with van der Waals surface area (Å²) in [7, 11) is 3.00. The Morgan fingerprint density at radius 2 is 2.00 bits per heavy atom. The number of rotatable bonds is 4. The second kappa shape index (κ2) is 6.82. The molecule has 0 aliphatic rings. The smallest absolute Gasteiger partial charge is 0.257 e. The van der Waals surface area contributed by atoms with E-state index in [1.807, 2.05) is 0 Å². The molecule has 1 heterocycles. The van der Waals surface area contributed by atoms with Crippen LogP contribution < -0.4 is 20.5 Å². The summed E-state index contributed by atoms with van der Waals surface area (Å²) in [5, 5.41) is 3.63. The van der Waals surface area contributed by atoms with E-state index in [9.17, 15) is 4.79 Å². The quantitative estimate of drug-likeness (QED) is 0.743. The number of carbonyl (C=O) groups excluding carboxylic acids is 1. The molecule has 3 aromatic rings. The van der Waals surface area contributed by atoms with Gasteiger partial charge in [0.2, 0.25) is 0 Å². The predicted molar refractivity (Wildman–Crippen MR) is 96.5 cm³/mol. The highest BCUT2D eigenvalue weighted by molar-refractivity contribution is 6.35. The van der Waals surface area contributed by atoms with Gasteiger partial charge in [0.05, 0.1) is 31.0 Å². The van der Waals surface area contributed by atoms with E-state index in [0.717, 1.165) is 0 Å². The first-order valence-electron chi connectivity index (χ1n) is 7.27. The van der Waals surface area contributed by atoms with Gasteiger partial charge in [-0.25, -0.2) is 9.97 Å². The SMILES string of the molecule is COc1cc(NC(=O)c2cccc3c(N)ncnc23)c(Cl)c(OC)c1. The number of nitrogens with one attached hydrogen (secondary N) is 1. The number of amides is 1. The summed E-state index contributed by atoms with van der Waals surface area (Å²) >= 11 is 6.27. The van der Waals surface area contributed by atoms with Crippen LogP contribution in [0.4, 0.5) is 11.5 Å². The van der Waals surface area contributed by atoms with Crippen molar-refractivity contribution in [3.8, 4) is 11.5 Å². The molecule has 0 bridgehead atoms. The molecule has 0 saturated heterocycles. The first kappa shape index (κ1) is 16.8. The summed E-state index contributed by atoms with van der Waals surface area (Å²) in [5.41, 5.74) is 7.01. The third-order valence-corrected chi connectivity index (χ3v) is 4.05. The van der Waals surface area contributed by atoms with E-state index in [0.29, 0.717) is 39.5 Å². The Kier molecular flexibility index (Phi) is 4.58. The minimum absolute atomic E-state index is 0.269. The Bertz CT molecular complexity index is 962. The van der Waals surface area contributed by atoms with Crippen molar-refractivity contribution in [3.05, 3.63) is 47.2 Å². The minimum atomic E-state index is -0.388. The zero-order valence-electron chi connectivity index (χ0n) is 13.5. The summed E-state index contributed by atoms with van der Waals surface area (Å²) in [6.45, 7) is 0. The number of hydrogen-bond donors (Lipinski definition) is 2. The number of para-hydroxylation sites is 1. The van der Waals surface area contributed by atoms with Gasteiger partial charge in [-0.15, -0.1) is 0 Å². The maximum atomic E-state index is 12.7. The van der Waals surface area contributed by atoms with Crippen LogP contribution in [0.3, 0.4) is 0 Å². The van der Waals surface area contributed by atoms with E-state index < -0.39 is 0 Å². The number of anilines is 2. The van der Waals surface area contributed by atoms with Gasteiger partial charge >= 0.3 is 0 Å². The van der Waals surface area contributed by atoms with E-state index in [-0.39, 0.29) is 10.9 Å². The van der Waals surface area contributed by atoms with Crippen LogP contribution in [0.1, 0.15) is 10.4 Å². The van der Waals surface area contributed by atoms with Crippen molar-refractivity contribution < 1.29 is 14.3 Å². The highest BCUT2D eigenvalue weighted by atomic mass is 35.5. The number of halogens is 1. The molecule has 0 aliphatic carbocycles. The topological polar surface area (TPSA) is 99.4 Å². The number of nitrogens with two attached hydrogens (primary N) is 1. The molecule has 7 nitrogen and oxygen atoms in total. The Labute approximate surface area is 148 Å². The van der Waals surface area contributed by atoms with Crippen LogP contribution in [-0.4, -0.2) is 30.1 Å². The highest BCUT2D eigenvalue weighted by Crippen LogP contribution is 2.37. The van der Waals surface area contributed by atoms with Crippen LogP contribution in [0.2, 0.25) is 5.02 Å². The lowest BCUT2D eigenvalue weighted by atomic mass is 10.1. The first-order valence-corrected chi connectivity index (χ1v) is 7.65. The van der Waals surface area contributed by atoms with Gasteiger partial charge in [0.1, 0.15) is 28.7 Å². The lowest BCUT2D eigenvalue weighted by molar-refractivity contribution is 0.102. The molecule has 8 heteroatoms. The fourth-order valence-electron chi connectivity index (χ4n) is 2.41. The number of aromatic nitrogens is 2. The molecule has 0 spiro atoms. The maximum Gasteiger partial charge on any atom is 0.257 e. The van der Waals surface area contributed by atoms with E-state index in [4.69, 9.17) is 26.8 Å². The summed E-state index contributed by atoms with van der Waals surface area (Å²) in [5.74, 6) is 0.809. The van der Waals surface area contributed by atoms with Crippen molar-refractivity contribution in [2.45, 2.75) is 0 Å². The number of nitrogens with zero attached hydrogens (tertiary/aromatic N) is 2. The van der Waals surface area contributed by atoms with Crippen molar-refractivity contribution in [2.24, 2.45) is 0 Å². The van der Waals surface area contributed by atoms with Gasteiger partial charge < -0.3 is 20.5 Å². The molecule has 3 rings (SSSR count). The molecule has 1 aromatic heterocycles. The lowest BCUT2D eigenvalue weighted by Gasteiger charge is -2.13. The van der Waals surface area contributed by atoms with E-state index >= 15 is 0 Å². The van der Waals surface area contributed by atoms with Crippen LogP contribution in [-0.2, 0) is 0 Å². The number of nitrogen functional groups attached to an aromatic ring is 1. The largest absolute Gasteiger partial charge is 0.497 e. The number of fused-ring (bicyclic) bond motifs is 1. The van der Waals surface area contributed by atoms with Crippen LogP contribution in [0, 0.1) is 0 Å². The molecule has 25 heavy (non-hydrogen) atoms. The van der Waals surface area contributed by atoms with Gasteiger partial charge in [0.15, 0.2) is 0 Å². The summed E-state index contributed by atoms with van der Waals surface area (Å²) in [6.07, 6.45) is 1.32. The van der Waals surface area contributed by atoms with Gasteiger partial charge in [-0.1, -0.05) is 17.7 Å². The molecule has 0 atom stereocenters. The molecule has 0 fully saturated rings. The molecule has 128 valence electrons. The molecule has 3 N–H and O–H groups in total. The average molecular weight is 359 g/mol. The molecule has 0 aliphatic heterocycles. The monoisotopic (exact) mass is 358 g/mol. The Morgan fingerprint density at radius 3 is 2.72 bits per heavy atom. The third-order valence-electron chi connectivity index (χ3n) is 3.66. The van der Waals surface area contributed by atoms with Gasteiger partial charge in [0, 0.05) is 17.5 Å². The van der Waals surface area contributed by atoms with Crippen molar-refractivity contribution in [1.29, 1.82) is 0 Å². The Morgan fingerprint density at radius 1 is 1.20 bits per heavy atom. The van der Waals surface area contributed by atoms with E-state index in [2.05, 4.69) is 15.3 Å². The number of ether oxygens (including phenoxy) is 2. The van der Waals surface area contributed by atoms with Gasteiger partial charge in [0.25, 0.3) is 5.91 Å². The number of carbonyl (C=O) groups is 1. The van der Waals surface area contributed by atoms with Crippen LogP contribution in [0.5, 0.6) is 11.5 Å². The van der Waals surface area contributed by atoms with E-state index in [1.165, 1.54) is 20.5 Å². The summed E-state index contributed by atoms with van der Waals surface area (Å²) < 4.78 is 10.4. The first-order chi connectivity index (χ1) is 12.0. The molecule has 0 unspecified atom stereocenters. The van der Waals surface area contributed by atoms with Crippen LogP contribution in [0.15, 0.2) is 36.7 Å².